The number of anilines is 1. The summed E-state index contributed by atoms with van der Waals surface area (Å²) in [5.74, 6) is 2.48. The minimum atomic E-state index is 0. The molecule has 0 radical (unpaired) electrons. The van der Waals surface area contributed by atoms with Gasteiger partial charge in [-0.2, -0.15) is 0 Å². The first-order chi connectivity index (χ1) is 15.1. The van der Waals surface area contributed by atoms with Crippen molar-refractivity contribution in [3.05, 3.63) is 48.0 Å². The van der Waals surface area contributed by atoms with Crippen LogP contribution in [0, 0.1) is 18.8 Å². The summed E-state index contributed by atoms with van der Waals surface area (Å²) >= 11 is 0. The molecular formula is C25H32N4O2. The third-order valence-electron chi connectivity index (χ3n) is 6.31. The van der Waals surface area contributed by atoms with Gasteiger partial charge in [-0.25, -0.2) is 9.97 Å². The Morgan fingerprint density at radius 2 is 2.03 bits per heavy atom. The normalized spacial score (nSPS) is 18.9. The van der Waals surface area contributed by atoms with Crippen LogP contribution in [0.2, 0.25) is 0 Å². The largest absolute Gasteiger partial charge is 0.507 e. The molecule has 0 unspecified atom stereocenters. The lowest BCUT2D eigenvalue weighted by molar-refractivity contribution is -0.122. The third-order valence-corrected chi connectivity index (χ3v) is 6.31. The van der Waals surface area contributed by atoms with E-state index in [0.717, 1.165) is 67.6 Å². The van der Waals surface area contributed by atoms with E-state index in [1.807, 2.05) is 12.1 Å². The van der Waals surface area contributed by atoms with Gasteiger partial charge in [0.2, 0.25) is 5.91 Å². The molecule has 0 spiro atoms. The van der Waals surface area contributed by atoms with E-state index in [0.29, 0.717) is 17.3 Å². The number of benzene rings is 2. The number of phenolic OH excluding ortho intramolecular Hbond substituents is 1. The van der Waals surface area contributed by atoms with E-state index in [4.69, 9.17) is 9.97 Å². The van der Waals surface area contributed by atoms with Crippen molar-refractivity contribution in [2.24, 2.45) is 11.8 Å². The molecular weight excluding hydrogens is 388 g/mol. The summed E-state index contributed by atoms with van der Waals surface area (Å²) in [5.41, 5.74) is 2.66. The van der Waals surface area contributed by atoms with Crippen LogP contribution in [0.3, 0.4) is 0 Å². The highest BCUT2D eigenvalue weighted by atomic mass is 16.3. The standard InChI is InChI=1S/C25H28N4O2.2H2/c1-16-8-11-19-21(13-16)27-23(20-6-2-3-7-22(20)30)28-24(19)29-12-4-5-17(15-29)14-26-25(31)18-9-10-18;;/h2-3,6-8,11,13,17-18,30H,4-5,9-10,12,14-15H2,1H3,(H,26,31);2*1H/t17-;;/m0../s1. The zero-order chi connectivity index (χ0) is 21.4. The molecule has 1 amide bonds. The summed E-state index contributed by atoms with van der Waals surface area (Å²) in [4.78, 5) is 24.1. The average molecular weight is 421 g/mol. The second-order valence-corrected chi connectivity index (χ2v) is 8.88. The summed E-state index contributed by atoms with van der Waals surface area (Å²) in [6.07, 6.45) is 4.23. The number of hydrogen-bond donors (Lipinski definition) is 2. The van der Waals surface area contributed by atoms with Crippen molar-refractivity contribution in [1.29, 1.82) is 0 Å². The van der Waals surface area contributed by atoms with Crippen molar-refractivity contribution in [2.75, 3.05) is 24.5 Å². The lowest BCUT2D eigenvalue weighted by Gasteiger charge is -2.34. The first kappa shape index (κ1) is 19.8. The Morgan fingerprint density at radius 3 is 2.84 bits per heavy atom. The van der Waals surface area contributed by atoms with Gasteiger partial charge in [0.25, 0.3) is 0 Å². The molecule has 1 aliphatic heterocycles. The molecule has 31 heavy (non-hydrogen) atoms. The number of phenols is 1. The van der Waals surface area contributed by atoms with Crippen LogP contribution in [0.5, 0.6) is 5.75 Å². The van der Waals surface area contributed by atoms with Gasteiger partial charge in [0.05, 0.1) is 11.1 Å². The number of nitrogens with one attached hydrogen (secondary N) is 1. The number of amides is 1. The molecule has 1 aromatic heterocycles. The second kappa shape index (κ2) is 8.17. The van der Waals surface area contributed by atoms with Crippen LogP contribution in [-0.4, -0.2) is 40.6 Å². The molecule has 2 heterocycles. The molecule has 2 aliphatic rings. The highest BCUT2D eigenvalue weighted by molar-refractivity contribution is 5.92. The second-order valence-electron chi connectivity index (χ2n) is 8.88. The SMILES string of the molecule is Cc1ccc2c(N3CCC[C@@H](CNC(=O)C4CC4)C3)nc(-c3ccccc3O)nc2c1.[HH].[HH]. The van der Waals surface area contributed by atoms with Crippen molar-refractivity contribution in [2.45, 2.75) is 32.6 Å². The number of aromatic hydroxyl groups is 1. The Kier molecular flexibility index (Phi) is 5.22. The minimum Gasteiger partial charge on any atom is -0.507 e. The zero-order valence-corrected chi connectivity index (χ0v) is 17.8. The fourth-order valence-electron chi connectivity index (χ4n) is 4.41. The molecule has 2 aromatic carbocycles. The number of nitrogens with zero attached hydrogens (tertiary/aromatic N) is 3. The smallest absolute Gasteiger partial charge is 0.223 e. The summed E-state index contributed by atoms with van der Waals surface area (Å²) in [6.45, 7) is 4.55. The number of aromatic nitrogens is 2. The average Bonchev–Trinajstić information content (AvgIpc) is 3.62. The predicted molar refractivity (Wildman–Crippen MR) is 126 cm³/mol. The molecule has 3 aromatic rings. The van der Waals surface area contributed by atoms with Crippen LogP contribution in [-0.2, 0) is 4.79 Å². The van der Waals surface area contributed by atoms with Crippen LogP contribution >= 0.6 is 0 Å². The van der Waals surface area contributed by atoms with Gasteiger partial charge in [0.1, 0.15) is 11.6 Å². The summed E-state index contributed by atoms with van der Waals surface area (Å²) in [6, 6.07) is 13.5. The molecule has 1 aliphatic carbocycles. The van der Waals surface area contributed by atoms with E-state index in [-0.39, 0.29) is 20.4 Å². The van der Waals surface area contributed by atoms with E-state index in [1.54, 1.807) is 12.1 Å². The van der Waals surface area contributed by atoms with E-state index >= 15 is 0 Å². The zero-order valence-electron chi connectivity index (χ0n) is 17.8. The van der Waals surface area contributed by atoms with Gasteiger partial charge >= 0.3 is 0 Å². The fraction of sp³-hybridized carbons (Fsp3) is 0.400. The van der Waals surface area contributed by atoms with Crippen molar-refractivity contribution < 1.29 is 12.8 Å². The maximum atomic E-state index is 12.1. The molecule has 2 fully saturated rings. The highest BCUT2D eigenvalue weighted by Crippen LogP contribution is 2.34. The van der Waals surface area contributed by atoms with Gasteiger partial charge in [0, 0.05) is 33.8 Å². The Morgan fingerprint density at radius 1 is 1.19 bits per heavy atom. The number of fused-ring (bicyclic) bond motifs is 1. The number of carbonyl (C=O) groups excluding carboxylic acids is 1. The molecule has 5 rings (SSSR count). The van der Waals surface area contributed by atoms with Crippen LogP contribution in [0.25, 0.3) is 22.3 Å². The Bertz CT molecular complexity index is 1140. The molecule has 1 saturated carbocycles. The van der Waals surface area contributed by atoms with Crippen molar-refractivity contribution in [3.8, 4) is 17.1 Å². The van der Waals surface area contributed by atoms with Crippen LogP contribution < -0.4 is 10.2 Å². The fourth-order valence-corrected chi connectivity index (χ4v) is 4.41. The van der Waals surface area contributed by atoms with E-state index < -0.39 is 0 Å². The first-order valence-corrected chi connectivity index (χ1v) is 11.2. The predicted octanol–water partition coefficient (Wildman–Crippen LogP) is 4.55. The lowest BCUT2D eigenvalue weighted by atomic mass is 9.97. The number of hydrogen-bond acceptors (Lipinski definition) is 5. The molecule has 1 saturated heterocycles. The van der Waals surface area contributed by atoms with Gasteiger partial charge in [-0.05, 0) is 68.4 Å². The van der Waals surface area contributed by atoms with Gasteiger partial charge < -0.3 is 15.3 Å². The number of para-hydroxylation sites is 1. The first-order valence-electron chi connectivity index (χ1n) is 11.2. The van der Waals surface area contributed by atoms with Crippen molar-refractivity contribution >= 4 is 22.6 Å². The van der Waals surface area contributed by atoms with E-state index in [2.05, 4.69) is 35.3 Å². The lowest BCUT2D eigenvalue weighted by Crippen LogP contribution is -2.41. The molecule has 6 heteroatoms. The molecule has 2 N–H and O–H groups in total. The van der Waals surface area contributed by atoms with E-state index in [1.165, 1.54) is 0 Å². The van der Waals surface area contributed by atoms with Gasteiger partial charge in [-0.3, -0.25) is 4.79 Å². The van der Waals surface area contributed by atoms with Crippen molar-refractivity contribution in [3.63, 3.8) is 0 Å². The molecule has 6 nitrogen and oxygen atoms in total. The summed E-state index contributed by atoms with van der Waals surface area (Å²) in [5, 5.41) is 14.5. The van der Waals surface area contributed by atoms with Gasteiger partial charge in [-0.1, -0.05) is 18.2 Å². The van der Waals surface area contributed by atoms with Gasteiger partial charge in [0.15, 0.2) is 5.82 Å². The number of rotatable bonds is 5. The van der Waals surface area contributed by atoms with E-state index in [9.17, 15) is 9.90 Å². The Hall–Kier alpha value is -3.15. The van der Waals surface area contributed by atoms with Crippen LogP contribution in [0.4, 0.5) is 5.82 Å². The monoisotopic (exact) mass is 420 g/mol. The minimum absolute atomic E-state index is 0. The molecule has 0 bridgehead atoms. The third kappa shape index (κ3) is 4.20. The van der Waals surface area contributed by atoms with Crippen LogP contribution in [0.15, 0.2) is 42.5 Å². The highest BCUT2D eigenvalue weighted by Gasteiger charge is 2.30. The summed E-state index contributed by atoms with van der Waals surface area (Å²) < 4.78 is 0. The Balaban J connectivity index is 0.00000153. The Labute approximate surface area is 185 Å². The number of piperidine rings is 1. The summed E-state index contributed by atoms with van der Waals surface area (Å²) in [7, 11) is 0. The maximum absolute atomic E-state index is 12.1. The number of carbonyl (C=O) groups is 1. The maximum Gasteiger partial charge on any atom is 0.223 e. The molecule has 1 atom stereocenters. The quantitative estimate of drug-likeness (QED) is 0.633. The van der Waals surface area contributed by atoms with Crippen molar-refractivity contribution in [1.82, 2.24) is 15.3 Å². The number of aryl methyl sites for hydroxylation is 1. The topological polar surface area (TPSA) is 78.4 Å². The molecule has 164 valence electrons. The van der Waals surface area contributed by atoms with Crippen LogP contribution in [0.1, 0.15) is 34.1 Å². The van der Waals surface area contributed by atoms with Gasteiger partial charge in [-0.15, -0.1) is 0 Å².